The Kier molecular flexibility index (Phi) is 3.57. The van der Waals surface area contributed by atoms with Crippen LogP contribution in [-0.2, 0) is 0 Å². The van der Waals surface area contributed by atoms with Crippen LogP contribution in [0.1, 0.15) is 0 Å². The van der Waals surface area contributed by atoms with Crippen molar-refractivity contribution in [2.24, 2.45) is 0 Å². The molecule has 1 aromatic carbocycles. The molecule has 0 unspecified atom stereocenters. The van der Waals surface area contributed by atoms with Gasteiger partial charge in [-0.15, -0.1) is 0 Å². The van der Waals surface area contributed by atoms with Crippen molar-refractivity contribution in [2.45, 2.75) is 0 Å². The van der Waals surface area contributed by atoms with E-state index in [2.05, 4.69) is 36.1 Å². The van der Waals surface area contributed by atoms with Gasteiger partial charge in [-0.3, -0.25) is 10.1 Å². The number of nitrogens with one attached hydrogen (secondary N) is 1. The maximum Gasteiger partial charge on any atom is 0.201 e. The summed E-state index contributed by atoms with van der Waals surface area (Å²) >= 11 is 3.41. The van der Waals surface area contributed by atoms with Crippen LogP contribution in [0.2, 0.25) is 0 Å². The first-order chi connectivity index (χ1) is 10.2. The molecule has 0 aliphatic carbocycles. The first kappa shape index (κ1) is 13.6. The first-order valence-electron chi connectivity index (χ1n) is 6.09. The van der Waals surface area contributed by atoms with E-state index in [1.807, 2.05) is 12.1 Å². The molecule has 2 N–H and O–H groups in total. The van der Waals surface area contributed by atoms with Gasteiger partial charge in [0.2, 0.25) is 5.82 Å². The molecule has 0 fully saturated rings. The van der Waals surface area contributed by atoms with Gasteiger partial charge in [0.1, 0.15) is 17.2 Å². The average Bonchev–Trinajstić information content (AvgIpc) is 2.97. The van der Waals surface area contributed by atoms with E-state index < -0.39 is 0 Å². The van der Waals surface area contributed by atoms with E-state index in [0.29, 0.717) is 28.7 Å². The highest BCUT2D eigenvalue weighted by molar-refractivity contribution is 9.10. The minimum absolute atomic E-state index is 0.0959. The molecule has 0 atom stereocenters. The number of benzene rings is 1. The predicted octanol–water partition coefficient (Wildman–Crippen LogP) is 3.01. The van der Waals surface area contributed by atoms with Gasteiger partial charge in [0.05, 0.1) is 12.7 Å². The Morgan fingerprint density at radius 2 is 2.14 bits per heavy atom. The molecule has 0 aliphatic heterocycles. The van der Waals surface area contributed by atoms with Gasteiger partial charge in [0.15, 0.2) is 5.82 Å². The molecular formula is C14H11BrN4O2. The van der Waals surface area contributed by atoms with E-state index >= 15 is 0 Å². The van der Waals surface area contributed by atoms with E-state index in [1.165, 1.54) is 0 Å². The molecule has 0 bridgehead atoms. The van der Waals surface area contributed by atoms with Gasteiger partial charge in [-0.2, -0.15) is 5.10 Å². The number of ether oxygens (including phenoxy) is 1. The van der Waals surface area contributed by atoms with Gasteiger partial charge in [0, 0.05) is 10.7 Å². The number of halogens is 1. The number of aromatic hydroxyl groups is 1. The minimum Gasteiger partial charge on any atom is -0.507 e. The monoisotopic (exact) mass is 346 g/mol. The largest absolute Gasteiger partial charge is 0.507 e. The molecule has 0 radical (unpaired) electrons. The third-order valence-corrected chi connectivity index (χ3v) is 3.55. The second-order valence-corrected chi connectivity index (χ2v) is 5.08. The Labute approximate surface area is 129 Å². The number of H-pyrrole nitrogens is 1. The van der Waals surface area contributed by atoms with Gasteiger partial charge in [0.25, 0.3) is 0 Å². The molecule has 0 saturated heterocycles. The van der Waals surface area contributed by atoms with Crippen molar-refractivity contribution < 1.29 is 9.84 Å². The quantitative estimate of drug-likeness (QED) is 0.761. The number of pyridine rings is 1. The third-order valence-electron chi connectivity index (χ3n) is 2.91. The molecule has 6 nitrogen and oxygen atoms in total. The molecule has 106 valence electrons. The zero-order chi connectivity index (χ0) is 14.8. The molecule has 0 aliphatic rings. The molecule has 3 aromatic rings. The lowest BCUT2D eigenvalue weighted by Gasteiger charge is -2.04. The van der Waals surface area contributed by atoms with Crippen molar-refractivity contribution in [1.29, 1.82) is 0 Å². The van der Waals surface area contributed by atoms with Crippen LogP contribution in [0.15, 0.2) is 41.0 Å². The van der Waals surface area contributed by atoms with Crippen LogP contribution in [0.3, 0.4) is 0 Å². The van der Waals surface area contributed by atoms with E-state index in [4.69, 9.17) is 4.74 Å². The maximum absolute atomic E-state index is 9.95. The van der Waals surface area contributed by atoms with E-state index in [1.54, 1.807) is 31.5 Å². The summed E-state index contributed by atoms with van der Waals surface area (Å²) in [5.41, 5.74) is 1.14. The fourth-order valence-electron chi connectivity index (χ4n) is 1.87. The predicted molar refractivity (Wildman–Crippen MR) is 81.0 cm³/mol. The smallest absolute Gasteiger partial charge is 0.201 e. The lowest BCUT2D eigenvalue weighted by molar-refractivity contribution is 0.412. The number of nitrogens with zero attached hydrogens (tertiary/aromatic N) is 3. The number of phenolic OH excluding ortho intramolecular Hbond substituents is 1. The second-order valence-electron chi connectivity index (χ2n) is 4.22. The highest BCUT2D eigenvalue weighted by Gasteiger charge is 2.14. The van der Waals surface area contributed by atoms with Crippen molar-refractivity contribution in [2.75, 3.05) is 7.11 Å². The Balaban J connectivity index is 2.05. The van der Waals surface area contributed by atoms with Crippen LogP contribution in [0.25, 0.3) is 22.9 Å². The summed E-state index contributed by atoms with van der Waals surface area (Å²) in [6, 6.07) is 8.59. The van der Waals surface area contributed by atoms with Gasteiger partial charge in [-0.25, -0.2) is 4.98 Å². The standard InChI is InChI=1S/C14H11BrN4O2/c1-21-8-4-5-11(20)9(7-8)13-17-14(19-18-13)12-10(15)3-2-6-16-12/h2-7,20H,1H3,(H,17,18,19). The summed E-state index contributed by atoms with van der Waals surface area (Å²) in [5, 5.41) is 16.9. The van der Waals surface area contributed by atoms with Crippen LogP contribution in [0, 0.1) is 0 Å². The minimum atomic E-state index is 0.0959. The Hall–Kier alpha value is -2.41. The maximum atomic E-state index is 9.95. The molecule has 7 heteroatoms. The summed E-state index contributed by atoms with van der Waals surface area (Å²) in [7, 11) is 1.56. The zero-order valence-electron chi connectivity index (χ0n) is 11.0. The third kappa shape index (κ3) is 2.59. The van der Waals surface area contributed by atoms with E-state index in [9.17, 15) is 5.11 Å². The molecule has 0 amide bonds. The number of aromatic nitrogens is 4. The topological polar surface area (TPSA) is 83.9 Å². The first-order valence-corrected chi connectivity index (χ1v) is 6.89. The van der Waals surface area contributed by atoms with E-state index in [0.717, 1.165) is 4.47 Å². The molecular weight excluding hydrogens is 336 g/mol. The number of aromatic amines is 1. The molecule has 21 heavy (non-hydrogen) atoms. The zero-order valence-corrected chi connectivity index (χ0v) is 12.6. The second kappa shape index (κ2) is 5.53. The van der Waals surface area contributed by atoms with Crippen molar-refractivity contribution in [3.8, 4) is 34.4 Å². The molecule has 2 aromatic heterocycles. The fourth-order valence-corrected chi connectivity index (χ4v) is 2.30. The summed E-state index contributed by atoms with van der Waals surface area (Å²) in [4.78, 5) is 8.61. The van der Waals surface area contributed by atoms with Gasteiger partial charge >= 0.3 is 0 Å². The Bertz CT molecular complexity index is 788. The van der Waals surface area contributed by atoms with Crippen LogP contribution in [0.4, 0.5) is 0 Å². The number of hydrogen-bond acceptors (Lipinski definition) is 5. The van der Waals surface area contributed by atoms with Crippen molar-refractivity contribution in [1.82, 2.24) is 20.2 Å². The number of rotatable bonds is 3. The lowest BCUT2D eigenvalue weighted by atomic mass is 10.2. The highest BCUT2D eigenvalue weighted by Crippen LogP contribution is 2.31. The fraction of sp³-hybridized carbons (Fsp3) is 0.0714. The Morgan fingerprint density at radius 3 is 2.90 bits per heavy atom. The van der Waals surface area contributed by atoms with Gasteiger partial charge in [-0.05, 0) is 46.3 Å². The van der Waals surface area contributed by atoms with Crippen LogP contribution in [0.5, 0.6) is 11.5 Å². The van der Waals surface area contributed by atoms with Gasteiger partial charge < -0.3 is 9.84 Å². The normalized spacial score (nSPS) is 10.6. The molecule has 0 saturated carbocycles. The lowest BCUT2D eigenvalue weighted by Crippen LogP contribution is -1.88. The van der Waals surface area contributed by atoms with Crippen LogP contribution in [-0.4, -0.2) is 32.4 Å². The van der Waals surface area contributed by atoms with Crippen LogP contribution >= 0.6 is 15.9 Å². The average molecular weight is 347 g/mol. The number of phenols is 1. The van der Waals surface area contributed by atoms with E-state index in [-0.39, 0.29) is 5.75 Å². The molecule has 0 spiro atoms. The Morgan fingerprint density at radius 1 is 1.29 bits per heavy atom. The summed E-state index contributed by atoms with van der Waals surface area (Å²) < 4.78 is 5.95. The SMILES string of the molecule is COc1ccc(O)c(-c2nc(-c3ncccc3Br)n[nH]2)c1. The summed E-state index contributed by atoms with van der Waals surface area (Å²) in [6.45, 7) is 0. The molecule has 3 rings (SSSR count). The number of methoxy groups -OCH3 is 1. The molecule has 2 heterocycles. The summed E-state index contributed by atoms with van der Waals surface area (Å²) in [5.74, 6) is 1.61. The van der Waals surface area contributed by atoms with Crippen molar-refractivity contribution in [3.05, 3.63) is 41.0 Å². The van der Waals surface area contributed by atoms with Crippen LogP contribution < -0.4 is 4.74 Å². The van der Waals surface area contributed by atoms with Crippen molar-refractivity contribution >= 4 is 15.9 Å². The van der Waals surface area contributed by atoms with Crippen molar-refractivity contribution in [3.63, 3.8) is 0 Å². The number of hydrogen-bond donors (Lipinski definition) is 2. The van der Waals surface area contributed by atoms with Gasteiger partial charge in [-0.1, -0.05) is 0 Å². The summed E-state index contributed by atoms with van der Waals surface area (Å²) in [6.07, 6.45) is 1.67. The highest BCUT2D eigenvalue weighted by atomic mass is 79.9.